The number of sulfonamides is 1. The lowest BCUT2D eigenvalue weighted by Gasteiger charge is -2.31. The van der Waals surface area contributed by atoms with Crippen LogP contribution >= 0.6 is 0 Å². The van der Waals surface area contributed by atoms with Gasteiger partial charge >= 0.3 is 0 Å². The molecule has 3 aromatic rings. The van der Waals surface area contributed by atoms with E-state index in [2.05, 4.69) is 17.0 Å². The van der Waals surface area contributed by atoms with Crippen molar-refractivity contribution in [1.82, 2.24) is 14.9 Å². The number of aryl methyl sites for hydroxylation is 1. The van der Waals surface area contributed by atoms with E-state index in [-0.39, 0.29) is 29.2 Å². The van der Waals surface area contributed by atoms with Crippen molar-refractivity contribution < 1.29 is 18.0 Å². The quantitative estimate of drug-likeness (QED) is 0.265. The maximum Gasteiger partial charge on any atom is 0.243 e. The molecule has 0 aromatic heterocycles. The van der Waals surface area contributed by atoms with Crippen molar-refractivity contribution in [3.05, 3.63) is 102 Å². The number of hydrogen-bond acceptors (Lipinski definition) is 4. The van der Waals surface area contributed by atoms with Crippen LogP contribution < -0.4 is 10.0 Å². The topological polar surface area (TPSA) is 95.6 Å². The van der Waals surface area contributed by atoms with Gasteiger partial charge in [-0.25, -0.2) is 13.1 Å². The molecule has 4 rings (SSSR count). The molecule has 0 bridgehead atoms. The molecular formula is C32H39N3O4S. The van der Waals surface area contributed by atoms with Crippen LogP contribution in [0.2, 0.25) is 0 Å². The molecule has 2 amide bonds. The first-order valence-electron chi connectivity index (χ1n) is 14.1. The Hall–Kier alpha value is -3.49. The molecule has 1 atom stereocenters. The second kappa shape index (κ2) is 14.2. The van der Waals surface area contributed by atoms with Crippen LogP contribution in [0.5, 0.6) is 0 Å². The molecule has 0 heterocycles. The summed E-state index contributed by atoms with van der Waals surface area (Å²) in [5.74, 6) is -0.276. The van der Waals surface area contributed by atoms with E-state index in [4.69, 9.17) is 0 Å². The highest BCUT2D eigenvalue weighted by atomic mass is 32.2. The van der Waals surface area contributed by atoms with Gasteiger partial charge in [0, 0.05) is 32.0 Å². The third-order valence-electron chi connectivity index (χ3n) is 7.06. The smallest absolute Gasteiger partial charge is 0.243 e. The Balaban J connectivity index is 1.51. The van der Waals surface area contributed by atoms with Gasteiger partial charge in [-0.15, -0.1) is 0 Å². The van der Waals surface area contributed by atoms with Crippen LogP contribution in [0.3, 0.4) is 0 Å². The summed E-state index contributed by atoms with van der Waals surface area (Å²) in [5, 5.41) is 3.04. The zero-order chi connectivity index (χ0) is 28.4. The minimum atomic E-state index is -3.52. The van der Waals surface area contributed by atoms with Gasteiger partial charge in [-0.1, -0.05) is 86.1 Å². The zero-order valence-corrected chi connectivity index (χ0v) is 23.9. The Morgan fingerprint density at radius 1 is 0.875 bits per heavy atom. The Kier molecular flexibility index (Phi) is 10.5. The Morgan fingerprint density at radius 3 is 2.10 bits per heavy atom. The van der Waals surface area contributed by atoms with Gasteiger partial charge in [0.1, 0.15) is 6.04 Å². The van der Waals surface area contributed by atoms with Gasteiger partial charge in [-0.2, -0.15) is 0 Å². The fourth-order valence-electron chi connectivity index (χ4n) is 4.56. The fraction of sp³-hybridized carbons (Fsp3) is 0.375. The largest absolute Gasteiger partial charge is 0.354 e. The van der Waals surface area contributed by atoms with Crippen LogP contribution in [0.25, 0.3) is 0 Å². The van der Waals surface area contributed by atoms with E-state index in [0.717, 1.165) is 42.4 Å². The molecule has 8 heteroatoms. The Labute approximate surface area is 238 Å². The van der Waals surface area contributed by atoms with Gasteiger partial charge in [-0.3, -0.25) is 9.59 Å². The summed E-state index contributed by atoms with van der Waals surface area (Å²) < 4.78 is 27.7. The number of hydrogen-bond donors (Lipinski definition) is 2. The van der Waals surface area contributed by atoms with E-state index >= 15 is 0 Å². The minimum Gasteiger partial charge on any atom is -0.354 e. The number of benzene rings is 3. The SMILES string of the molecule is CCCCNC(=O)[C@@H](Cc1ccccc1)N(Cc1ccccc1)C(=O)CCc1ccc(S(=O)(=O)NC2CC2)cc1. The Morgan fingerprint density at radius 2 is 1.50 bits per heavy atom. The lowest BCUT2D eigenvalue weighted by molar-refractivity contribution is -0.141. The van der Waals surface area contributed by atoms with Crippen molar-refractivity contribution in [2.45, 2.75) is 75.4 Å². The summed E-state index contributed by atoms with van der Waals surface area (Å²) >= 11 is 0. The Bertz CT molecular complexity index is 1340. The maximum atomic E-state index is 13.8. The monoisotopic (exact) mass is 561 g/mol. The van der Waals surface area contributed by atoms with Gasteiger partial charge in [-0.05, 0) is 54.5 Å². The van der Waals surface area contributed by atoms with E-state index in [1.54, 1.807) is 29.2 Å². The highest BCUT2D eigenvalue weighted by Crippen LogP contribution is 2.23. The van der Waals surface area contributed by atoms with Crippen LogP contribution in [0.4, 0.5) is 0 Å². The first-order valence-corrected chi connectivity index (χ1v) is 15.6. The van der Waals surface area contributed by atoms with Gasteiger partial charge < -0.3 is 10.2 Å². The van der Waals surface area contributed by atoms with Gasteiger partial charge in [0.15, 0.2) is 0 Å². The summed E-state index contributed by atoms with van der Waals surface area (Å²) in [4.78, 5) is 29.2. The second-order valence-electron chi connectivity index (χ2n) is 10.4. The summed E-state index contributed by atoms with van der Waals surface area (Å²) in [6.07, 6.45) is 4.65. The summed E-state index contributed by atoms with van der Waals surface area (Å²) in [6, 6.07) is 25.6. The molecule has 212 valence electrons. The third kappa shape index (κ3) is 8.76. The molecule has 0 unspecified atom stereocenters. The molecule has 1 aliphatic rings. The molecule has 0 saturated heterocycles. The van der Waals surface area contributed by atoms with E-state index in [9.17, 15) is 18.0 Å². The number of nitrogens with one attached hydrogen (secondary N) is 2. The average molecular weight is 562 g/mol. The number of amides is 2. The van der Waals surface area contributed by atoms with Crippen LogP contribution in [0, 0.1) is 0 Å². The summed E-state index contributed by atoms with van der Waals surface area (Å²) in [6.45, 7) is 2.96. The zero-order valence-electron chi connectivity index (χ0n) is 23.1. The second-order valence-corrected chi connectivity index (χ2v) is 12.1. The number of rotatable bonds is 15. The number of carbonyl (C=O) groups is 2. The minimum absolute atomic E-state index is 0.0425. The highest BCUT2D eigenvalue weighted by molar-refractivity contribution is 7.89. The molecule has 1 aliphatic carbocycles. The van der Waals surface area contributed by atoms with Gasteiger partial charge in [0.05, 0.1) is 4.90 Å². The van der Waals surface area contributed by atoms with Crippen LogP contribution in [-0.2, 0) is 39.0 Å². The highest BCUT2D eigenvalue weighted by Gasteiger charge is 2.30. The third-order valence-corrected chi connectivity index (χ3v) is 8.59. The normalized spacial score (nSPS) is 13.9. The van der Waals surface area contributed by atoms with E-state index in [0.29, 0.717) is 25.9 Å². The van der Waals surface area contributed by atoms with E-state index < -0.39 is 16.1 Å². The van der Waals surface area contributed by atoms with Crippen molar-refractivity contribution in [1.29, 1.82) is 0 Å². The molecule has 0 spiro atoms. The number of nitrogens with zero attached hydrogens (tertiary/aromatic N) is 1. The summed E-state index contributed by atoms with van der Waals surface area (Å²) in [5.41, 5.74) is 2.80. The molecule has 1 fully saturated rings. The predicted molar refractivity (Wildman–Crippen MR) is 157 cm³/mol. The molecule has 0 aliphatic heterocycles. The van der Waals surface area contributed by atoms with Crippen molar-refractivity contribution in [2.24, 2.45) is 0 Å². The van der Waals surface area contributed by atoms with Crippen LogP contribution in [-0.4, -0.2) is 43.8 Å². The van der Waals surface area contributed by atoms with Crippen molar-refractivity contribution >= 4 is 21.8 Å². The lowest BCUT2D eigenvalue weighted by atomic mass is 10.0. The predicted octanol–water partition coefficient (Wildman–Crippen LogP) is 4.62. The molecule has 2 N–H and O–H groups in total. The van der Waals surface area contributed by atoms with E-state index in [1.807, 2.05) is 60.7 Å². The van der Waals surface area contributed by atoms with Gasteiger partial charge in [0.2, 0.25) is 21.8 Å². The average Bonchev–Trinajstić information content (AvgIpc) is 3.78. The number of carbonyl (C=O) groups excluding carboxylic acids is 2. The maximum absolute atomic E-state index is 13.8. The van der Waals surface area contributed by atoms with Crippen molar-refractivity contribution in [3.63, 3.8) is 0 Å². The molecule has 40 heavy (non-hydrogen) atoms. The van der Waals surface area contributed by atoms with Gasteiger partial charge in [0.25, 0.3) is 0 Å². The lowest BCUT2D eigenvalue weighted by Crippen LogP contribution is -2.50. The first kappa shape index (κ1) is 29.5. The molecule has 0 radical (unpaired) electrons. The van der Waals surface area contributed by atoms with Crippen molar-refractivity contribution in [2.75, 3.05) is 6.54 Å². The molecule has 7 nitrogen and oxygen atoms in total. The van der Waals surface area contributed by atoms with Crippen molar-refractivity contribution in [3.8, 4) is 0 Å². The van der Waals surface area contributed by atoms with Crippen LogP contribution in [0.15, 0.2) is 89.8 Å². The standard InChI is InChI=1S/C32H39N3O4S/c1-2-3-22-33-32(37)30(23-26-10-6-4-7-11-26)35(24-27-12-8-5-9-13-27)31(36)21-16-25-14-19-29(20-15-25)40(38,39)34-28-17-18-28/h4-15,19-20,28,30,34H,2-3,16-18,21-24H2,1H3,(H,33,37)/t30-/m1/s1. The fourth-order valence-corrected chi connectivity index (χ4v) is 5.86. The first-order chi connectivity index (χ1) is 19.4. The molecular weight excluding hydrogens is 522 g/mol. The van der Waals surface area contributed by atoms with E-state index in [1.165, 1.54) is 0 Å². The summed E-state index contributed by atoms with van der Waals surface area (Å²) in [7, 11) is -3.52. The molecule has 3 aromatic carbocycles. The molecule has 1 saturated carbocycles. The number of unbranched alkanes of at least 4 members (excludes halogenated alkanes) is 1. The van der Waals surface area contributed by atoms with Crippen LogP contribution in [0.1, 0.15) is 55.7 Å².